The lowest BCUT2D eigenvalue weighted by molar-refractivity contribution is 0.0746. The Hall–Kier alpha value is -1.68. The number of rotatable bonds is 2. The van der Waals surface area contributed by atoms with E-state index in [1.54, 1.807) is 0 Å². The molecular formula is C20H29ClN2O2. The number of carbonyl (C=O) groups excluding carboxylic acids is 1. The molecular weight excluding hydrogens is 336 g/mol. The van der Waals surface area contributed by atoms with Crippen LogP contribution in [0.2, 0.25) is 5.02 Å². The predicted molar refractivity (Wildman–Crippen MR) is 104 cm³/mol. The number of ether oxygens (including phenoxy) is 1. The third-order valence-corrected chi connectivity index (χ3v) is 4.76. The molecule has 0 radical (unpaired) electrons. The zero-order valence-electron chi connectivity index (χ0n) is 14.8. The second-order valence-electron chi connectivity index (χ2n) is 7.63. The number of hydrogen-bond donors (Lipinski definition) is 1. The first-order valence-corrected chi connectivity index (χ1v) is 8.91. The Morgan fingerprint density at radius 2 is 2.12 bits per heavy atom. The van der Waals surface area contributed by atoms with Crippen LogP contribution in [0.1, 0.15) is 58.8 Å². The Bertz CT molecular complexity index is 761. The van der Waals surface area contributed by atoms with Gasteiger partial charge in [0.05, 0.1) is 12.6 Å². The van der Waals surface area contributed by atoms with Gasteiger partial charge in [0, 0.05) is 28.2 Å². The maximum absolute atomic E-state index is 12.4. The van der Waals surface area contributed by atoms with Crippen molar-refractivity contribution in [3.05, 3.63) is 34.5 Å². The molecule has 138 valence electrons. The number of H-pyrrole nitrogens is 1. The van der Waals surface area contributed by atoms with Crippen molar-refractivity contribution < 1.29 is 9.53 Å². The van der Waals surface area contributed by atoms with Crippen LogP contribution >= 0.6 is 11.6 Å². The fourth-order valence-corrected chi connectivity index (χ4v) is 3.73. The molecule has 5 heteroatoms. The lowest BCUT2D eigenvalue weighted by atomic mass is 9.83. The number of carbonyl (C=O) groups is 1. The highest BCUT2D eigenvalue weighted by Gasteiger charge is 2.36. The summed E-state index contributed by atoms with van der Waals surface area (Å²) in [4.78, 5) is 17.8. The summed E-state index contributed by atoms with van der Waals surface area (Å²) in [5.41, 5.74) is 3.58. The van der Waals surface area contributed by atoms with Crippen LogP contribution in [-0.4, -0.2) is 29.1 Å². The minimum Gasteiger partial charge on any atom is -0.450 e. The average molecular weight is 365 g/mol. The second-order valence-corrected chi connectivity index (χ2v) is 8.07. The van der Waals surface area contributed by atoms with E-state index in [0.717, 1.165) is 29.1 Å². The molecule has 1 aromatic heterocycles. The van der Waals surface area contributed by atoms with Crippen molar-refractivity contribution in [3.8, 4) is 0 Å². The van der Waals surface area contributed by atoms with Gasteiger partial charge in [0.1, 0.15) is 0 Å². The van der Waals surface area contributed by atoms with Crippen molar-refractivity contribution in [2.45, 2.75) is 54.0 Å². The molecule has 1 unspecified atom stereocenters. The fourth-order valence-electron chi connectivity index (χ4n) is 3.56. The molecule has 4 nitrogen and oxygen atoms in total. The topological polar surface area (TPSA) is 45.3 Å². The highest BCUT2D eigenvalue weighted by atomic mass is 35.5. The third-order valence-electron chi connectivity index (χ3n) is 4.52. The van der Waals surface area contributed by atoms with Gasteiger partial charge in [0.2, 0.25) is 0 Å². The normalized spacial score (nSPS) is 17.2. The van der Waals surface area contributed by atoms with E-state index in [1.807, 2.05) is 30.0 Å². The van der Waals surface area contributed by atoms with Gasteiger partial charge in [-0.15, -0.1) is 0 Å². The number of nitrogens with zero attached hydrogens (tertiary/aromatic N) is 1. The predicted octanol–water partition coefficient (Wildman–Crippen LogP) is 5.95. The van der Waals surface area contributed by atoms with Gasteiger partial charge >= 0.3 is 6.09 Å². The Labute approximate surface area is 155 Å². The summed E-state index contributed by atoms with van der Waals surface area (Å²) in [6.07, 6.45) is 1.46. The van der Waals surface area contributed by atoms with Crippen molar-refractivity contribution in [1.29, 1.82) is 0 Å². The fraction of sp³-hybridized carbons (Fsp3) is 0.550. The number of amides is 1. The molecule has 2 heterocycles. The van der Waals surface area contributed by atoms with Crippen molar-refractivity contribution in [2.24, 2.45) is 5.41 Å². The Morgan fingerprint density at radius 3 is 2.76 bits per heavy atom. The molecule has 0 saturated heterocycles. The molecule has 3 rings (SSSR count). The van der Waals surface area contributed by atoms with Gasteiger partial charge in [-0.25, -0.2) is 4.79 Å². The number of benzene rings is 1. The summed E-state index contributed by atoms with van der Waals surface area (Å²) in [5.74, 6) is 0. The van der Waals surface area contributed by atoms with E-state index in [1.165, 1.54) is 10.9 Å². The molecule has 1 aliphatic rings. The van der Waals surface area contributed by atoms with E-state index in [4.69, 9.17) is 16.3 Å². The minimum absolute atomic E-state index is 0. The number of hydrogen-bond acceptors (Lipinski definition) is 2. The first-order chi connectivity index (χ1) is 11.3. The van der Waals surface area contributed by atoms with Gasteiger partial charge in [-0.2, -0.15) is 0 Å². The molecule has 0 fully saturated rings. The van der Waals surface area contributed by atoms with Crippen LogP contribution in [0.4, 0.5) is 4.79 Å². The van der Waals surface area contributed by atoms with Crippen molar-refractivity contribution in [2.75, 3.05) is 13.2 Å². The van der Waals surface area contributed by atoms with Gasteiger partial charge < -0.3 is 9.72 Å². The highest BCUT2D eigenvalue weighted by Crippen LogP contribution is 2.41. The summed E-state index contributed by atoms with van der Waals surface area (Å²) in [6, 6.07) is 5.92. The van der Waals surface area contributed by atoms with Gasteiger partial charge in [0.25, 0.3) is 0 Å². The summed E-state index contributed by atoms with van der Waals surface area (Å²) < 4.78 is 5.29. The first-order valence-electron chi connectivity index (χ1n) is 8.53. The summed E-state index contributed by atoms with van der Waals surface area (Å²) in [6.45, 7) is 9.51. The van der Waals surface area contributed by atoms with Gasteiger partial charge in [-0.3, -0.25) is 4.90 Å². The smallest absolute Gasteiger partial charge is 0.410 e. The summed E-state index contributed by atoms with van der Waals surface area (Å²) >= 11 is 6.18. The van der Waals surface area contributed by atoms with Crippen molar-refractivity contribution in [1.82, 2.24) is 9.88 Å². The van der Waals surface area contributed by atoms with Crippen molar-refractivity contribution >= 4 is 28.6 Å². The van der Waals surface area contributed by atoms with Crippen LogP contribution in [0.5, 0.6) is 0 Å². The largest absolute Gasteiger partial charge is 0.450 e. The Balaban J connectivity index is 0.00000225. The van der Waals surface area contributed by atoms with Crippen LogP contribution in [-0.2, 0) is 11.2 Å². The monoisotopic (exact) mass is 364 g/mol. The van der Waals surface area contributed by atoms with E-state index in [2.05, 4.69) is 25.8 Å². The van der Waals surface area contributed by atoms with Gasteiger partial charge in [-0.1, -0.05) is 39.8 Å². The molecule has 0 bridgehead atoms. The van der Waals surface area contributed by atoms with Crippen LogP contribution in [0.25, 0.3) is 10.9 Å². The Kier molecular flexibility index (Phi) is 5.72. The summed E-state index contributed by atoms with van der Waals surface area (Å²) in [5, 5.41) is 1.91. The van der Waals surface area contributed by atoms with Crippen LogP contribution in [0.15, 0.2) is 18.2 Å². The van der Waals surface area contributed by atoms with Crippen LogP contribution < -0.4 is 0 Å². The molecule has 0 saturated carbocycles. The number of aromatic amines is 1. The lowest BCUT2D eigenvalue weighted by Crippen LogP contribution is -2.41. The lowest BCUT2D eigenvalue weighted by Gasteiger charge is -2.38. The third kappa shape index (κ3) is 3.95. The van der Waals surface area contributed by atoms with E-state index >= 15 is 0 Å². The van der Waals surface area contributed by atoms with E-state index in [0.29, 0.717) is 13.2 Å². The number of halogens is 1. The molecule has 1 atom stereocenters. The molecule has 1 N–H and O–H groups in total. The van der Waals surface area contributed by atoms with E-state index < -0.39 is 0 Å². The maximum atomic E-state index is 12.4. The highest BCUT2D eigenvalue weighted by molar-refractivity contribution is 6.31. The molecule has 1 aliphatic heterocycles. The Morgan fingerprint density at radius 1 is 1.40 bits per heavy atom. The first kappa shape index (κ1) is 19.6. The average Bonchev–Trinajstić information content (AvgIpc) is 2.85. The number of fused-ring (bicyclic) bond motifs is 3. The zero-order chi connectivity index (χ0) is 17.5. The van der Waals surface area contributed by atoms with Crippen LogP contribution in [0, 0.1) is 5.41 Å². The quantitative estimate of drug-likeness (QED) is 0.715. The maximum Gasteiger partial charge on any atom is 0.410 e. The molecule has 1 amide bonds. The van der Waals surface area contributed by atoms with E-state index in [9.17, 15) is 4.79 Å². The van der Waals surface area contributed by atoms with Crippen molar-refractivity contribution in [3.63, 3.8) is 0 Å². The standard InChI is InChI=1S/C19H25ClN2O2.CH4/c1-5-24-18(23)22-9-8-13-14-10-12(20)6-7-15(14)21-17(13)16(22)11-19(2,3)4;/h6-7,10,16,21H,5,8-9,11H2,1-4H3;1H4. The second kappa shape index (κ2) is 7.28. The van der Waals surface area contributed by atoms with Gasteiger partial charge in [-0.05, 0) is 48.9 Å². The zero-order valence-corrected chi connectivity index (χ0v) is 15.5. The summed E-state index contributed by atoms with van der Waals surface area (Å²) in [7, 11) is 0. The number of aromatic nitrogens is 1. The SMILES string of the molecule is C.CCOC(=O)N1CCc2c([nH]c3ccc(Cl)cc23)C1CC(C)(C)C. The molecule has 2 aromatic rings. The van der Waals surface area contributed by atoms with Gasteiger partial charge in [0.15, 0.2) is 0 Å². The molecule has 1 aromatic carbocycles. The molecule has 25 heavy (non-hydrogen) atoms. The number of nitrogens with one attached hydrogen (secondary N) is 1. The molecule has 0 spiro atoms. The van der Waals surface area contributed by atoms with Crippen LogP contribution in [0.3, 0.4) is 0 Å². The van der Waals surface area contributed by atoms with E-state index in [-0.39, 0.29) is 25.0 Å². The minimum atomic E-state index is -0.228. The molecule has 0 aliphatic carbocycles.